The molecule has 0 bridgehead atoms. The van der Waals surface area contributed by atoms with Crippen LogP contribution in [0.1, 0.15) is 12.5 Å². The van der Waals surface area contributed by atoms with Gasteiger partial charge in [0.05, 0.1) is 18.1 Å². The SMILES string of the molecule is COc1cc(CNCC(C)S(C)=O)cc([N+](=O)[O-])c1. The van der Waals surface area contributed by atoms with Crippen molar-refractivity contribution in [1.82, 2.24) is 5.32 Å². The quantitative estimate of drug-likeness (QED) is 0.606. The van der Waals surface area contributed by atoms with Crippen LogP contribution in [0.25, 0.3) is 0 Å². The maximum Gasteiger partial charge on any atom is 0.273 e. The molecule has 0 saturated carbocycles. The number of hydrogen-bond donors (Lipinski definition) is 1. The Hall–Kier alpha value is -1.47. The Labute approximate surface area is 114 Å². The van der Waals surface area contributed by atoms with Crippen molar-refractivity contribution < 1.29 is 13.9 Å². The van der Waals surface area contributed by atoms with E-state index in [1.54, 1.807) is 12.3 Å². The van der Waals surface area contributed by atoms with Crippen molar-refractivity contribution in [2.75, 3.05) is 19.9 Å². The standard InChI is InChI=1S/C12H18N2O4S/c1-9(19(3)17)7-13-8-10-4-11(14(15)16)6-12(5-10)18-2/h4-6,9,13H,7-8H2,1-3H3. The van der Waals surface area contributed by atoms with Gasteiger partial charge in [0.15, 0.2) is 0 Å². The first-order chi connectivity index (χ1) is 8.93. The van der Waals surface area contributed by atoms with Gasteiger partial charge in [-0.25, -0.2) is 0 Å². The lowest BCUT2D eigenvalue weighted by atomic mass is 10.2. The van der Waals surface area contributed by atoms with Gasteiger partial charge in [0.2, 0.25) is 0 Å². The number of methoxy groups -OCH3 is 1. The predicted octanol–water partition coefficient (Wildman–Crippen LogP) is 1.46. The summed E-state index contributed by atoms with van der Waals surface area (Å²) < 4.78 is 16.2. The molecule has 7 heteroatoms. The van der Waals surface area contributed by atoms with Gasteiger partial charge in [-0.1, -0.05) is 0 Å². The highest BCUT2D eigenvalue weighted by Crippen LogP contribution is 2.22. The van der Waals surface area contributed by atoms with E-state index in [1.165, 1.54) is 19.2 Å². The Bertz CT molecular complexity index is 479. The molecule has 1 rings (SSSR count). The third-order valence-electron chi connectivity index (χ3n) is 2.73. The highest BCUT2D eigenvalue weighted by molar-refractivity contribution is 7.84. The number of nitrogens with one attached hydrogen (secondary N) is 1. The number of nitrogens with zero attached hydrogens (tertiary/aromatic N) is 1. The van der Waals surface area contributed by atoms with Gasteiger partial charge >= 0.3 is 0 Å². The number of non-ortho nitro benzene ring substituents is 1. The van der Waals surface area contributed by atoms with Gasteiger partial charge in [-0.3, -0.25) is 14.3 Å². The predicted molar refractivity (Wildman–Crippen MR) is 74.9 cm³/mol. The molecular formula is C12H18N2O4S. The van der Waals surface area contributed by atoms with E-state index in [4.69, 9.17) is 4.74 Å². The van der Waals surface area contributed by atoms with E-state index in [9.17, 15) is 14.3 Å². The minimum Gasteiger partial charge on any atom is -0.496 e. The van der Waals surface area contributed by atoms with E-state index in [1.807, 2.05) is 6.92 Å². The van der Waals surface area contributed by atoms with Gasteiger partial charge in [-0.2, -0.15) is 0 Å². The first kappa shape index (κ1) is 15.6. The highest BCUT2D eigenvalue weighted by Gasteiger charge is 2.11. The molecule has 0 aliphatic carbocycles. The number of benzene rings is 1. The van der Waals surface area contributed by atoms with Crippen molar-refractivity contribution in [1.29, 1.82) is 0 Å². The molecule has 0 aliphatic heterocycles. The van der Waals surface area contributed by atoms with Crippen molar-refractivity contribution in [3.8, 4) is 5.75 Å². The van der Waals surface area contributed by atoms with Crippen LogP contribution in [-0.4, -0.2) is 34.3 Å². The van der Waals surface area contributed by atoms with Gasteiger partial charge in [0.1, 0.15) is 5.75 Å². The fraction of sp³-hybridized carbons (Fsp3) is 0.500. The van der Waals surface area contributed by atoms with E-state index < -0.39 is 15.7 Å². The summed E-state index contributed by atoms with van der Waals surface area (Å²) in [6.45, 7) is 2.95. The van der Waals surface area contributed by atoms with Crippen LogP contribution in [0.4, 0.5) is 5.69 Å². The maximum absolute atomic E-state index is 11.2. The fourth-order valence-electron chi connectivity index (χ4n) is 1.51. The van der Waals surface area contributed by atoms with Gasteiger partial charge in [-0.05, 0) is 18.6 Å². The summed E-state index contributed by atoms with van der Waals surface area (Å²) in [7, 11) is 0.589. The molecule has 2 atom stereocenters. The van der Waals surface area contributed by atoms with Crippen LogP contribution < -0.4 is 10.1 Å². The molecule has 0 fully saturated rings. The number of hydrogen-bond acceptors (Lipinski definition) is 5. The first-order valence-corrected chi connectivity index (χ1v) is 7.41. The Morgan fingerprint density at radius 2 is 2.16 bits per heavy atom. The number of nitro groups is 1. The fourth-order valence-corrected chi connectivity index (χ4v) is 1.86. The molecular weight excluding hydrogens is 268 g/mol. The zero-order chi connectivity index (χ0) is 14.4. The van der Waals surface area contributed by atoms with E-state index in [2.05, 4.69) is 5.32 Å². The van der Waals surface area contributed by atoms with Crippen molar-refractivity contribution in [3.05, 3.63) is 33.9 Å². The molecule has 0 spiro atoms. The molecule has 0 radical (unpaired) electrons. The number of nitro benzene ring substituents is 1. The van der Waals surface area contributed by atoms with Gasteiger partial charge in [-0.15, -0.1) is 0 Å². The Morgan fingerprint density at radius 3 is 2.68 bits per heavy atom. The minimum absolute atomic E-state index is 0.00302. The Morgan fingerprint density at radius 1 is 1.47 bits per heavy atom. The minimum atomic E-state index is -0.881. The van der Waals surface area contributed by atoms with E-state index in [0.717, 1.165) is 5.56 Å². The van der Waals surface area contributed by atoms with Gasteiger partial charge < -0.3 is 10.1 Å². The van der Waals surface area contributed by atoms with Crippen molar-refractivity contribution in [2.45, 2.75) is 18.7 Å². The summed E-state index contributed by atoms with van der Waals surface area (Å²) in [5, 5.41) is 14.0. The molecule has 0 aliphatic rings. The topological polar surface area (TPSA) is 81.5 Å². The molecule has 0 saturated heterocycles. The van der Waals surface area contributed by atoms with Crippen molar-refractivity contribution in [3.63, 3.8) is 0 Å². The summed E-state index contributed by atoms with van der Waals surface area (Å²) in [6, 6.07) is 4.63. The van der Waals surface area contributed by atoms with Crippen LogP contribution >= 0.6 is 0 Å². The first-order valence-electron chi connectivity index (χ1n) is 5.79. The molecule has 2 unspecified atom stereocenters. The summed E-state index contributed by atoms with van der Waals surface area (Å²) in [5.74, 6) is 0.457. The molecule has 1 aromatic carbocycles. The largest absolute Gasteiger partial charge is 0.496 e. The molecule has 6 nitrogen and oxygen atoms in total. The molecule has 106 valence electrons. The molecule has 0 amide bonds. The van der Waals surface area contributed by atoms with Crippen LogP contribution in [0.2, 0.25) is 0 Å². The average molecular weight is 286 g/mol. The smallest absolute Gasteiger partial charge is 0.273 e. The molecule has 0 aromatic heterocycles. The lowest BCUT2D eigenvalue weighted by molar-refractivity contribution is -0.385. The molecule has 0 heterocycles. The zero-order valence-corrected chi connectivity index (χ0v) is 12.0. The summed E-state index contributed by atoms with van der Waals surface area (Å²) in [4.78, 5) is 10.3. The molecule has 1 N–H and O–H groups in total. The highest BCUT2D eigenvalue weighted by atomic mass is 32.2. The third-order valence-corrected chi connectivity index (χ3v) is 4.03. The van der Waals surface area contributed by atoms with Gasteiger partial charge in [0, 0.05) is 41.5 Å². The molecule has 1 aromatic rings. The van der Waals surface area contributed by atoms with Crippen LogP contribution in [-0.2, 0) is 17.3 Å². The van der Waals surface area contributed by atoms with Crippen molar-refractivity contribution in [2.24, 2.45) is 0 Å². The summed E-state index contributed by atoms with van der Waals surface area (Å²) in [6.07, 6.45) is 1.66. The Balaban J connectivity index is 2.70. The molecule has 19 heavy (non-hydrogen) atoms. The number of ether oxygens (including phenoxy) is 1. The summed E-state index contributed by atoms with van der Waals surface area (Å²) >= 11 is 0. The normalized spacial score (nSPS) is 13.8. The van der Waals surface area contributed by atoms with Crippen LogP contribution in [0.3, 0.4) is 0 Å². The van der Waals surface area contributed by atoms with Crippen LogP contribution in [0.5, 0.6) is 5.75 Å². The monoisotopic (exact) mass is 286 g/mol. The van der Waals surface area contributed by atoms with Crippen LogP contribution in [0, 0.1) is 10.1 Å². The second kappa shape index (κ2) is 7.20. The lowest BCUT2D eigenvalue weighted by Gasteiger charge is -2.10. The van der Waals surface area contributed by atoms with Gasteiger partial charge in [0.25, 0.3) is 5.69 Å². The second-order valence-electron chi connectivity index (χ2n) is 4.24. The average Bonchev–Trinajstić information content (AvgIpc) is 2.37. The number of rotatable bonds is 7. The van der Waals surface area contributed by atoms with E-state index in [-0.39, 0.29) is 10.9 Å². The lowest BCUT2D eigenvalue weighted by Crippen LogP contribution is -2.27. The zero-order valence-electron chi connectivity index (χ0n) is 11.2. The second-order valence-corrected chi connectivity index (χ2v) is 6.04. The van der Waals surface area contributed by atoms with E-state index in [0.29, 0.717) is 18.8 Å². The Kier molecular flexibility index (Phi) is 5.91. The van der Waals surface area contributed by atoms with Crippen molar-refractivity contribution >= 4 is 16.5 Å². The maximum atomic E-state index is 11.2. The summed E-state index contributed by atoms with van der Waals surface area (Å²) in [5.41, 5.74) is 0.767. The third kappa shape index (κ3) is 4.96. The van der Waals surface area contributed by atoms with E-state index >= 15 is 0 Å². The van der Waals surface area contributed by atoms with Crippen LogP contribution in [0.15, 0.2) is 18.2 Å².